The van der Waals surface area contributed by atoms with Crippen LogP contribution in [0.15, 0.2) is 0 Å². The number of nitrogens with zero attached hydrogens (tertiary/aromatic N) is 2. The lowest BCUT2D eigenvalue weighted by molar-refractivity contribution is -0.143. The van der Waals surface area contributed by atoms with Gasteiger partial charge in [-0.25, -0.2) is 4.79 Å². The Bertz CT molecular complexity index is 358. The Morgan fingerprint density at radius 1 is 1.05 bits per heavy atom. The largest absolute Gasteiger partial charge is 0.466 e. The lowest BCUT2D eigenvalue weighted by Gasteiger charge is -2.35. The standard InChI is InChI=1S/C16H30N2O4/c1-5-21-14(19)8-6-7-9-17-10-12-18(13-11-17)15(20)22-16(2,3)4/h5-13H2,1-4H3. The van der Waals surface area contributed by atoms with Gasteiger partial charge in [-0.15, -0.1) is 0 Å². The molecule has 0 spiro atoms. The average molecular weight is 314 g/mol. The van der Waals surface area contributed by atoms with Crippen LogP contribution in [0.2, 0.25) is 0 Å². The molecule has 1 amide bonds. The van der Waals surface area contributed by atoms with Crippen LogP contribution in [0.1, 0.15) is 47.0 Å². The molecule has 128 valence electrons. The van der Waals surface area contributed by atoms with Gasteiger partial charge in [-0.05, 0) is 47.1 Å². The van der Waals surface area contributed by atoms with Gasteiger partial charge in [-0.1, -0.05) is 0 Å². The van der Waals surface area contributed by atoms with Crippen LogP contribution in [0.5, 0.6) is 0 Å². The molecule has 1 aliphatic rings. The van der Waals surface area contributed by atoms with Crippen LogP contribution in [-0.4, -0.2) is 66.8 Å². The lowest BCUT2D eigenvalue weighted by atomic mass is 10.2. The number of rotatable bonds is 6. The van der Waals surface area contributed by atoms with Gasteiger partial charge in [0.15, 0.2) is 0 Å². The van der Waals surface area contributed by atoms with Crippen molar-refractivity contribution in [2.24, 2.45) is 0 Å². The van der Waals surface area contributed by atoms with Gasteiger partial charge >= 0.3 is 12.1 Å². The van der Waals surface area contributed by atoms with E-state index in [0.717, 1.165) is 32.5 Å². The first kappa shape index (κ1) is 18.7. The Morgan fingerprint density at radius 2 is 1.68 bits per heavy atom. The van der Waals surface area contributed by atoms with E-state index in [1.165, 1.54) is 0 Å². The molecule has 1 saturated heterocycles. The highest BCUT2D eigenvalue weighted by molar-refractivity contribution is 5.69. The molecule has 0 aromatic heterocycles. The van der Waals surface area contributed by atoms with E-state index >= 15 is 0 Å². The second-order valence-corrected chi connectivity index (χ2v) is 6.57. The summed E-state index contributed by atoms with van der Waals surface area (Å²) in [4.78, 5) is 27.3. The number of hydrogen-bond donors (Lipinski definition) is 0. The molecule has 0 N–H and O–H groups in total. The molecule has 0 bridgehead atoms. The Hall–Kier alpha value is -1.30. The van der Waals surface area contributed by atoms with Crippen LogP contribution in [0.3, 0.4) is 0 Å². The van der Waals surface area contributed by atoms with Crippen molar-refractivity contribution in [1.82, 2.24) is 9.80 Å². The van der Waals surface area contributed by atoms with Gasteiger partial charge in [0, 0.05) is 32.6 Å². The van der Waals surface area contributed by atoms with Crippen molar-refractivity contribution in [2.75, 3.05) is 39.3 Å². The zero-order valence-electron chi connectivity index (χ0n) is 14.4. The molecule has 1 aliphatic heterocycles. The van der Waals surface area contributed by atoms with Crippen molar-refractivity contribution in [1.29, 1.82) is 0 Å². The fourth-order valence-corrected chi connectivity index (χ4v) is 2.32. The quantitative estimate of drug-likeness (QED) is 0.556. The van der Waals surface area contributed by atoms with Crippen molar-refractivity contribution < 1.29 is 19.1 Å². The fourth-order valence-electron chi connectivity index (χ4n) is 2.32. The molecular formula is C16H30N2O4. The number of hydrogen-bond acceptors (Lipinski definition) is 5. The third-order valence-corrected chi connectivity index (χ3v) is 3.43. The first-order valence-electron chi connectivity index (χ1n) is 8.17. The van der Waals surface area contributed by atoms with Gasteiger partial charge in [-0.3, -0.25) is 9.69 Å². The molecule has 6 heteroatoms. The summed E-state index contributed by atoms with van der Waals surface area (Å²) in [5.41, 5.74) is -0.443. The lowest BCUT2D eigenvalue weighted by Crippen LogP contribution is -2.50. The first-order chi connectivity index (χ1) is 10.3. The maximum atomic E-state index is 12.0. The summed E-state index contributed by atoms with van der Waals surface area (Å²) in [7, 11) is 0. The first-order valence-corrected chi connectivity index (χ1v) is 8.17. The van der Waals surface area contributed by atoms with Crippen molar-refractivity contribution in [3.05, 3.63) is 0 Å². The number of unbranched alkanes of at least 4 members (excludes halogenated alkanes) is 1. The maximum Gasteiger partial charge on any atom is 0.410 e. The number of piperazine rings is 1. The topological polar surface area (TPSA) is 59.1 Å². The van der Waals surface area contributed by atoms with Gasteiger partial charge in [0.2, 0.25) is 0 Å². The molecule has 0 radical (unpaired) electrons. The SMILES string of the molecule is CCOC(=O)CCCCN1CCN(C(=O)OC(C)(C)C)CC1. The van der Waals surface area contributed by atoms with E-state index in [0.29, 0.717) is 26.1 Å². The molecule has 1 fully saturated rings. The maximum absolute atomic E-state index is 12.0. The van der Waals surface area contributed by atoms with E-state index in [1.807, 2.05) is 27.7 Å². The van der Waals surface area contributed by atoms with Crippen LogP contribution < -0.4 is 0 Å². The number of ether oxygens (including phenoxy) is 2. The highest BCUT2D eigenvalue weighted by Gasteiger charge is 2.25. The van der Waals surface area contributed by atoms with Gasteiger partial charge < -0.3 is 14.4 Å². The highest BCUT2D eigenvalue weighted by atomic mass is 16.6. The highest BCUT2D eigenvalue weighted by Crippen LogP contribution is 2.12. The smallest absolute Gasteiger partial charge is 0.410 e. The van der Waals surface area contributed by atoms with Crippen LogP contribution in [0.25, 0.3) is 0 Å². The average Bonchev–Trinajstić information content (AvgIpc) is 2.43. The summed E-state index contributed by atoms with van der Waals surface area (Å²) in [6.45, 7) is 12.0. The molecule has 0 atom stereocenters. The molecule has 0 aromatic carbocycles. The molecule has 0 aromatic rings. The van der Waals surface area contributed by atoms with Gasteiger partial charge in [0.25, 0.3) is 0 Å². The van der Waals surface area contributed by atoms with Crippen molar-refractivity contribution in [3.8, 4) is 0 Å². The summed E-state index contributed by atoms with van der Waals surface area (Å²) in [5, 5.41) is 0. The zero-order chi connectivity index (χ0) is 16.6. The van der Waals surface area contributed by atoms with Crippen LogP contribution in [-0.2, 0) is 14.3 Å². The Kier molecular flexibility index (Phi) is 7.65. The summed E-state index contributed by atoms with van der Waals surface area (Å²) >= 11 is 0. The van der Waals surface area contributed by atoms with Crippen molar-refractivity contribution in [3.63, 3.8) is 0 Å². The van der Waals surface area contributed by atoms with E-state index in [9.17, 15) is 9.59 Å². The Morgan fingerprint density at radius 3 is 2.23 bits per heavy atom. The molecule has 0 aliphatic carbocycles. The second kappa shape index (κ2) is 8.98. The van der Waals surface area contributed by atoms with Crippen LogP contribution in [0, 0.1) is 0 Å². The van der Waals surface area contributed by atoms with Crippen LogP contribution >= 0.6 is 0 Å². The minimum absolute atomic E-state index is 0.114. The predicted molar refractivity (Wildman–Crippen MR) is 84.7 cm³/mol. The molecule has 1 rings (SSSR count). The molecule has 6 nitrogen and oxygen atoms in total. The number of carbonyl (C=O) groups excluding carboxylic acids is 2. The minimum atomic E-state index is -0.443. The third-order valence-electron chi connectivity index (χ3n) is 3.43. The molecule has 22 heavy (non-hydrogen) atoms. The molecule has 0 unspecified atom stereocenters. The number of amides is 1. The van der Waals surface area contributed by atoms with Gasteiger partial charge in [0.1, 0.15) is 5.60 Å². The van der Waals surface area contributed by atoms with Crippen molar-refractivity contribution >= 4 is 12.1 Å². The Balaban J connectivity index is 2.15. The minimum Gasteiger partial charge on any atom is -0.466 e. The second-order valence-electron chi connectivity index (χ2n) is 6.57. The normalized spacial score (nSPS) is 16.5. The van der Waals surface area contributed by atoms with E-state index in [2.05, 4.69) is 4.90 Å². The van der Waals surface area contributed by atoms with E-state index in [4.69, 9.17) is 9.47 Å². The van der Waals surface area contributed by atoms with Gasteiger partial charge in [-0.2, -0.15) is 0 Å². The molecule has 1 heterocycles. The number of esters is 1. The van der Waals surface area contributed by atoms with Crippen LogP contribution in [0.4, 0.5) is 4.79 Å². The molecular weight excluding hydrogens is 284 g/mol. The van der Waals surface area contributed by atoms with E-state index in [-0.39, 0.29) is 12.1 Å². The van der Waals surface area contributed by atoms with E-state index in [1.54, 1.807) is 4.90 Å². The van der Waals surface area contributed by atoms with Gasteiger partial charge in [0.05, 0.1) is 6.61 Å². The molecule has 0 saturated carbocycles. The Labute approximate surface area is 133 Å². The summed E-state index contributed by atoms with van der Waals surface area (Å²) in [6.07, 6.45) is 2.09. The third kappa shape index (κ3) is 7.64. The number of carbonyl (C=O) groups is 2. The fraction of sp³-hybridized carbons (Fsp3) is 0.875. The monoisotopic (exact) mass is 314 g/mol. The zero-order valence-corrected chi connectivity index (χ0v) is 14.4. The summed E-state index contributed by atoms with van der Waals surface area (Å²) in [5.74, 6) is -0.114. The predicted octanol–water partition coefficient (Wildman–Crippen LogP) is 2.27. The summed E-state index contributed by atoms with van der Waals surface area (Å²) in [6, 6.07) is 0. The van der Waals surface area contributed by atoms with Crippen molar-refractivity contribution in [2.45, 2.75) is 52.6 Å². The van der Waals surface area contributed by atoms with E-state index < -0.39 is 5.60 Å². The summed E-state index contributed by atoms with van der Waals surface area (Å²) < 4.78 is 10.3.